The van der Waals surface area contributed by atoms with Gasteiger partial charge in [-0.25, -0.2) is 0 Å². The van der Waals surface area contributed by atoms with Crippen molar-refractivity contribution in [1.82, 2.24) is 0 Å². The van der Waals surface area contributed by atoms with Crippen molar-refractivity contribution in [2.45, 2.75) is 6.18 Å². The molecule has 0 aliphatic carbocycles. The molecule has 0 radical (unpaired) electrons. The fourth-order valence-corrected chi connectivity index (χ4v) is 0. The average Bonchev–Trinajstić information content (AvgIpc) is 1.35. The first-order valence-electron chi connectivity index (χ1n) is 1.24. The fourth-order valence-electron chi connectivity index (χ4n) is 0. The second kappa shape index (κ2) is 6.47. The second-order valence-corrected chi connectivity index (χ2v) is 0.773. The summed E-state index contributed by atoms with van der Waals surface area (Å²) in [5.41, 5.74) is 0. The molecule has 46 valence electrons. The number of hydrogen-bond donors (Lipinski definition) is 1. The zero-order chi connectivity index (χ0) is 5.21. The summed E-state index contributed by atoms with van der Waals surface area (Å²) in [5, 5.41) is 7.28. The molecule has 0 aliphatic rings. The maximum absolute atomic E-state index is 10.5. The van der Waals surface area contributed by atoms with Gasteiger partial charge in [0, 0.05) is 0 Å². The Balaban J connectivity index is -0.000000125. The van der Waals surface area contributed by atoms with Gasteiger partial charge < -0.3 is 10.6 Å². The zero-order valence-corrected chi connectivity index (χ0v) is 7.36. The molecule has 0 saturated carbocycles. The van der Waals surface area contributed by atoms with Gasteiger partial charge in [-0.2, -0.15) is 13.2 Å². The van der Waals surface area contributed by atoms with Crippen molar-refractivity contribution in [3.8, 4) is 0 Å². The normalized spacial score (nSPS) is 9.00. The maximum atomic E-state index is 10.5. The first-order valence-corrected chi connectivity index (χ1v) is 1.24. The third-order valence-electron chi connectivity index (χ3n) is 0.179. The van der Waals surface area contributed by atoms with Crippen LogP contribution in [0.25, 0.3) is 0 Å². The zero-order valence-electron chi connectivity index (χ0n) is 4.24. The van der Waals surface area contributed by atoms with Gasteiger partial charge in [0.25, 0.3) is 0 Å². The van der Waals surface area contributed by atoms with Gasteiger partial charge in [-0.15, -0.1) is 0 Å². The molecule has 0 unspecified atom stereocenters. The molecule has 0 amide bonds. The van der Waals surface area contributed by atoms with Gasteiger partial charge in [0.05, 0.1) is 0 Å². The Hall–Kier alpha value is 1.35. The minimum atomic E-state index is -4.40. The Labute approximate surface area is 86.8 Å². The molecule has 0 aliphatic heterocycles. The molecule has 0 aromatic heterocycles. The van der Waals surface area contributed by atoms with Crippen molar-refractivity contribution >= 4 is 0 Å². The van der Waals surface area contributed by atoms with Crippen LogP contribution in [0.15, 0.2) is 0 Å². The summed E-state index contributed by atoms with van der Waals surface area (Å²) in [7, 11) is 0. The molecule has 0 heterocycles. The molecule has 6 heteroatoms. The van der Waals surface area contributed by atoms with Crippen LogP contribution in [0, 0.1) is 0 Å². The standard InChI is InChI=1S/C2H3F3O.K.H2O/c3-2(4,5)1-6;;/h6H,1H2;;1H2/q;+1;/p-1. The minimum absolute atomic E-state index is 0. The molecular formula is C2H4F3KO2. The molecule has 2 N–H and O–H groups in total. The van der Waals surface area contributed by atoms with Crippen molar-refractivity contribution in [3.63, 3.8) is 0 Å². The van der Waals surface area contributed by atoms with Crippen molar-refractivity contribution in [2.24, 2.45) is 0 Å². The molecular weight excluding hydrogens is 152 g/mol. The summed E-state index contributed by atoms with van der Waals surface area (Å²) in [6.07, 6.45) is -4.40. The number of hydrogen-bond acceptors (Lipinski definition) is 2. The van der Waals surface area contributed by atoms with Crippen LogP contribution in [0.2, 0.25) is 0 Å². The summed E-state index contributed by atoms with van der Waals surface area (Å²) in [4.78, 5) is 0. The Morgan fingerprint density at radius 3 is 1.38 bits per heavy atom. The quantitative estimate of drug-likeness (QED) is 0.390. The van der Waals surface area contributed by atoms with E-state index in [-0.39, 0.29) is 56.9 Å². The van der Waals surface area contributed by atoms with E-state index in [1.165, 1.54) is 0 Å². The summed E-state index contributed by atoms with van der Waals surface area (Å²) in [5.74, 6) is 0. The van der Waals surface area contributed by atoms with E-state index in [0.717, 1.165) is 0 Å². The third kappa shape index (κ3) is 15.7. The Morgan fingerprint density at radius 1 is 1.25 bits per heavy atom. The van der Waals surface area contributed by atoms with Crippen molar-refractivity contribution in [1.29, 1.82) is 0 Å². The van der Waals surface area contributed by atoms with Crippen LogP contribution in [0.3, 0.4) is 0 Å². The van der Waals surface area contributed by atoms with Gasteiger partial charge in [0.15, 0.2) is 0 Å². The van der Waals surface area contributed by atoms with Crippen LogP contribution >= 0.6 is 0 Å². The van der Waals surface area contributed by atoms with Gasteiger partial charge in [-0.3, -0.25) is 0 Å². The molecule has 0 aromatic carbocycles. The summed E-state index contributed by atoms with van der Waals surface area (Å²) in [6.45, 7) is -1.73. The predicted molar refractivity (Wildman–Crippen MR) is 15.1 cm³/mol. The van der Waals surface area contributed by atoms with Gasteiger partial charge in [0.1, 0.15) is 6.61 Å². The van der Waals surface area contributed by atoms with E-state index in [4.69, 9.17) is 5.11 Å². The van der Waals surface area contributed by atoms with Crippen LogP contribution in [0.4, 0.5) is 13.2 Å². The van der Waals surface area contributed by atoms with Gasteiger partial charge >= 0.3 is 57.6 Å². The Kier molecular flexibility index (Phi) is 13.1. The molecule has 0 atom stereocenters. The first kappa shape index (κ1) is 16.2. The van der Waals surface area contributed by atoms with Crippen molar-refractivity contribution in [2.75, 3.05) is 6.61 Å². The summed E-state index contributed by atoms with van der Waals surface area (Å²) >= 11 is 0. The van der Waals surface area contributed by atoms with Crippen molar-refractivity contribution < 1.29 is 75.1 Å². The molecule has 0 bridgehead atoms. The topological polar surface area (TPSA) is 50.2 Å². The van der Waals surface area contributed by atoms with E-state index in [1.807, 2.05) is 0 Å². The van der Waals surface area contributed by atoms with Gasteiger partial charge in [-0.05, 0) is 0 Å². The maximum Gasteiger partial charge on any atom is 1.00 e. The van der Waals surface area contributed by atoms with Crippen LogP contribution < -0.4 is 51.4 Å². The van der Waals surface area contributed by atoms with Gasteiger partial charge in [-0.1, -0.05) is 0 Å². The Bertz CT molecular complexity index is 45.0. The van der Waals surface area contributed by atoms with E-state index in [9.17, 15) is 13.2 Å². The van der Waals surface area contributed by atoms with E-state index in [2.05, 4.69) is 0 Å². The molecule has 0 rings (SSSR count). The number of aliphatic hydroxyl groups excluding tert-OH is 1. The molecule has 0 fully saturated rings. The van der Waals surface area contributed by atoms with E-state index < -0.39 is 12.8 Å². The van der Waals surface area contributed by atoms with Crippen LogP contribution in [-0.2, 0) is 0 Å². The van der Waals surface area contributed by atoms with E-state index in [0.29, 0.717) is 0 Å². The third-order valence-corrected chi connectivity index (χ3v) is 0.179. The van der Waals surface area contributed by atoms with Crippen LogP contribution in [0.5, 0.6) is 0 Å². The van der Waals surface area contributed by atoms with Gasteiger partial charge in [0.2, 0.25) is 0 Å². The number of rotatable bonds is 0. The van der Waals surface area contributed by atoms with E-state index in [1.54, 1.807) is 0 Å². The Morgan fingerprint density at radius 2 is 1.38 bits per heavy atom. The average molecular weight is 156 g/mol. The molecule has 0 saturated heterocycles. The van der Waals surface area contributed by atoms with E-state index >= 15 is 0 Å². The first-order chi connectivity index (χ1) is 2.56. The van der Waals surface area contributed by atoms with Crippen LogP contribution in [0.1, 0.15) is 0 Å². The minimum Gasteiger partial charge on any atom is -0.870 e. The largest absolute Gasteiger partial charge is 1.00 e. The number of alkyl halides is 3. The predicted octanol–water partition coefficient (Wildman–Crippen LogP) is -2.63. The summed E-state index contributed by atoms with van der Waals surface area (Å²) in [6, 6.07) is 0. The summed E-state index contributed by atoms with van der Waals surface area (Å²) < 4.78 is 31.6. The second-order valence-electron chi connectivity index (χ2n) is 0.773. The number of aliphatic hydroxyl groups is 1. The van der Waals surface area contributed by atoms with Crippen LogP contribution in [-0.4, -0.2) is 23.4 Å². The molecule has 0 aromatic rings. The SMILES string of the molecule is OCC(F)(F)F.[K+].[OH-]. The molecule has 8 heavy (non-hydrogen) atoms. The van der Waals surface area contributed by atoms with Crippen molar-refractivity contribution in [3.05, 3.63) is 0 Å². The fraction of sp³-hybridized carbons (Fsp3) is 1.00. The smallest absolute Gasteiger partial charge is 0.870 e. The molecule has 2 nitrogen and oxygen atoms in total. The monoisotopic (exact) mass is 156 g/mol. The number of halogens is 3. The molecule has 0 spiro atoms.